The minimum Gasteiger partial charge on any atom is -0.496 e. The maximum absolute atomic E-state index is 12.5. The fraction of sp³-hybridized carbons (Fsp3) is 0.350. The van der Waals surface area contributed by atoms with Crippen LogP contribution in [0.1, 0.15) is 44.6 Å². The number of methoxy groups -OCH3 is 1. The van der Waals surface area contributed by atoms with Crippen LogP contribution in [0.3, 0.4) is 0 Å². The Labute approximate surface area is 157 Å². The van der Waals surface area contributed by atoms with E-state index in [1.54, 1.807) is 26.0 Å². The molecule has 1 heterocycles. The molecular weight excluding hydrogens is 348 g/mol. The fourth-order valence-corrected chi connectivity index (χ4v) is 3.19. The normalized spacial score (nSPS) is 11.7. The van der Waals surface area contributed by atoms with Crippen molar-refractivity contribution in [1.82, 2.24) is 10.3 Å². The number of benzene rings is 1. The van der Waals surface area contributed by atoms with Gasteiger partial charge in [0.1, 0.15) is 11.4 Å². The first-order valence-electron chi connectivity index (χ1n) is 8.59. The number of hydrogen-bond donors (Lipinski definition) is 3. The van der Waals surface area contributed by atoms with Crippen molar-refractivity contribution in [2.45, 2.75) is 27.2 Å². The summed E-state index contributed by atoms with van der Waals surface area (Å²) in [6.45, 7) is 4.82. The summed E-state index contributed by atoms with van der Waals surface area (Å²) in [6.07, 6.45) is 0.223. The number of aryl methyl sites for hydroxylation is 1. The zero-order chi connectivity index (χ0) is 20.1. The van der Waals surface area contributed by atoms with E-state index in [2.05, 4.69) is 10.3 Å². The third kappa shape index (κ3) is 4.55. The molecule has 7 nitrogen and oxygen atoms in total. The lowest BCUT2D eigenvalue weighted by Gasteiger charge is -2.15. The summed E-state index contributed by atoms with van der Waals surface area (Å²) in [5.41, 5.74) is 2.71. The first-order valence-corrected chi connectivity index (χ1v) is 8.59. The molecule has 1 aromatic carbocycles. The topological polar surface area (TPSA) is 108 Å². The quantitative estimate of drug-likeness (QED) is 0.617. The van der Waals surface area contributed by atoms with Crippen LogP contribution < -0.4 is 10.1 Å². The number of aromatic nitrogens is 1. The van der Waals surface area contributed by atoms with Gasteiger partial charge < -0.3 is 20.1 Å². The highest BCUT2D eigenvalue weighted by atomic mass is 16.5. The first kappa shape index (κ1) is 20.2. The molecule has 2 aromatic rings. The number of aliphatic carboxylic acids is 1. The van der Waals surface area contributed by atoms with E-state index in [4.69, 9.17) is 4.74 Å². The fourth-order valence-electron chi connectivity index (χ4n) is 3.19. The number of ketones is 1. The van der Waals surface area contributed by atoms with Crippen LogP contribution in [0, 0.1) is 19.8 Å². The number of Topliss-reactive ketones (excluding diaryl/α,β-unsaturated/α-hetero) is 1. The number of carboxylic acid groups (broad SMARTS) is 1. The highest BCUT2D eigenvalue weighted by molar-refractivity contribution is 6.02. The van der Waals surface area contributed by atoms with Crippen LogP contribution in [0.15, 0.2) is 24.3 Å². The van der Waals surface area contributed by atoms with E-state index in [1.165, 1.54) is 14.0 Å². The Bertz CT molecular complexity index is 869. The predicted molar refractivity (Wildman–Crippen MR) is 100 cm³/mol. The standard InChI is InChI=1S/C20H24N2O5/c1-11-17(13(3)23)12(2)22-18(11)19(24)21-10-15(20(25)26)9-14-7-5-6-8-16(14)27-4/h5-8,15,22H,9-10H2,1-4H3,(H,21,24)(H,25,26). The largest absolute Gasteiger partial charge is 0.496 e. The summed E-state index contributed by atoms with van der Waals surface area (Å²) in [5.74, 6) is -1.77. The van der Waals surface area contributed by atoms with Crippen molar-refractivity contribution < 1.29 is 24.2 Å². The van der Waals surface area contributed by atoms with E-state index in [-0.39, 0.29) is 24.4 Å². The molecule has 3 N–H and O–H groups in total. The van der Waals surface area contributed by atoms with Crippen molar-refractivity contribution in [2.75, 3.05) is 13.7 Å². The van der Waals surface area contributed by atoms with Gasteiger partial charge in [0.2, 0.25) is 0 Å². The van der Waals surface area contributed by atoms with Gasteiger partial charge >= 0.3 is 5.97 Å². The van der Waals surface area contributed by atoms with Crippen molar-refractivity contribution in [3.8, 4) is 5.75 Å². The molecule has 0 fully saturated rings. The van der Waals surface area contributed by atoms with Crippen LogP contribution in [0.25, 0.3) is 0 Å². The lowest BCUT2D eigenvalue weighted by atomic mass is 9.98. The highest BCUT2D eigenvalue weighted by Crippen LogP contribution is 2.21. The van der Waals surface area contributed by atoms with Crippen LogP contribution in [0.2, 0.25) is 0 Å². The number of carbonyl (C=O) groups is 3. The maximum atomic E-state index is 12.5. The van der Waals surface area contributed by atoms with Gasteiger partial charge in [0.25, 0.3) is 5.91 Å². The molecule has 1 atom stereocenters. The molecule has 27 heavy (non-hydrogen) atoms. The number of amides is 1. The average Bonchev–Trinajstić information content (AvgIpc) is 2.92. The van der Waals surface area contributed by atoms with Crippen LogP contribution >= 0.6 is 0 Å². The van der Waals surface area contributed by atoms with E-state index >= 15 is 0 Å². The van der Waals surface area contributed by atoms with Gasteiger partial charge in [0, 0.05) is 17.8 Å². The SMILES string of the molecule is COc1ccccc1CC(CNC(=O)c1[nH]c(C)c(C(C)=O)c1C)C(=O)O. The second kappa shape index (κ2) is 8.53. The molecule has 0 bridgehead atoms. The molecule has 1 amide bonds. The number of carbonyl (C=O) groups excluding carboxylic acids is 2. The van der Waals surface area contributed by atoms with Gasteiger partial charge in [-0.1, -0.05) is 18.2 Å². The molecule has 144 valence electrons. The lowest BCUT2D eigenvalue weighted by molar-refractivity contribution is -0.141. The van der Waals surface area contributed by atoms with Gasteiger partial charge in [0.05, 0.1) is 13.0 Å². The molecule has 0 spiro atoms. The van der Waals surface area contributed by atoms with Crippen LogP contribution in [0.5, 0.6) is 5.75 Å². The minimum absolute atomic E-state index is 0.0425. The predicted octanol–water partition coefficient (Wildman–Crippen LogP) is 2.52. The smallest absolute Gasteiger partial charge is 0.308 e. The van der Waals surface area contributed by atoms with Crippen LogP contribution in [-0.2, 0) is 11.2 Å². The molecule has 0 saturated heterocycles. The summed E-state index contributed by atoms with van der Waals surface area (Å²) in [6, 6.07) is 7.18. The summed E-state index contributed by atoms with van der Waals surface area (Å²) in [7, 11) is 1.53. The van der Waals surface area contributed by atoms with Crippen molar-refractivity contribution in [3.63, 3.8) is 0 Å². The van der Waals surface area contributed by atoms with E-state index in [0.717, 1.165) is 5.56 Å². The number of ether oxygens (including phenoxy) is 1. The molecule has 0 aliphatic heterocycles. The van der Waals surface area contributed by atoms with E-state index in [1.807, 2.05) is 12.1 Å². The van der Waals surface area contributed by atoms with Gasteiger partial charge in [-0.15, -0.1) is 0 Å². The summed E-state index contributed by atoms with van der Waals surface area (Å²) in [5, 5.41) is 12.2. The van der Waals surface area contributed by atoms with Gasteiger partial charge in [-0.2, -0.15) is 0 Å². The number of carboxylic acids is 1. The first-order chi connectivity index (χ1) is 12.8. The highest BCUT2D eigenvalue weighted by Gasteiger charge is 2.23. The summed E-state index contributed by atoms with van der Waals surface area (Å²) < 4.78 is 5.26. The molecule has 0 aliphatic carbocycles. The summed E-state index contributed by atoms with van der Waals surface area (Å²) >= 11 is 0. The Balaban J connectivity index is 2.12. The van der Waals surface area contributed by atoms with Gasteiger partial charge in [-0.05, 0) is 44.4 Å². The molecule has 2 rings (SSSR count). The molecular formula is C20H24N2O5. The van der Waals surface area contributed by atoms with Crippen LogP contribution in [-0.4, -0.2) is 41.4 Å². The van der Waals surface area contributed by atoms with Gasteiger partial charge in [-0.3, -0.25) is 14.4 Å². The van der Waals surface area contributed by atoms with Crippen molar-refractivity contribution in [2.24, 2.45) is 5.92 Å². The molecule has 0 aliphatic rings. The zero-order valence-corrected chi connectivity index (χ0v) is 15.9. The summed E-state index contributed by atoms with van der Waals surface area (Å²) in [4.78, 5) is 38.7. The minimum atomic E-state index is -1.01. The monoisotopic (exact) mass is 372 g/mol. The number of nitrogens with one attached hydrogen (secondary N) is 2. The number of para-hydroxylation sites is 1. The average molecular weight is 372 g/mol. The second-order valence-electron chi connectivity index (χ2n) is 6.44. The Hall–Kier alpha value is -3.09. The molecule has 0 saturated carbocycles. The molecule has 1 unspecified atom stereocenters. The second-order valence-corrected chi connectivity index (χ2v) is 6.44. The molecule has 1 aromatic heterocycles. The number of hydrogen-bond acceptors (Lipinski definition) is 4. The van der Waals surface area contributed by atoms with Gasteiger partial charge in [-0.25, -0.2) is 0 Å². The Morgan fingerprint density at radius 3 is 2.44 bits per heavy atom. The van der Waals surface area contributed by atoms with Gasteiger partial charge in [0.15, 0.2) is 5.78 Å². The zero-order valence-electron chi connectivity index (χ0n) is 15.9. The van der Waals surface area contributed by atoms with Crippen LogP contribution in [0.4, 0.5) is 0 Å². The van der Waals surface area contributed by atoms with Crippen molar-refractivity contribution >= 4 is 17.7 Å². The van der Waals surface area contributed by atoms with E-state index < -0.39 is 17.8 Å². The number of rotatable bonds is 8. The molecule has 7 heteroatoms. The van der Waals surface area contributed by atoms with Crippen molar-refractivity contribution in [3.05, 3.63) is 52.3 Å². The molecule has 0 radical (unpaired) electrons. The van der Waals surface area contributed by atoms with Crippen molar-refractivity contribution in [1.29, 1.82) is 0 Å². The third-order valence-corrected chi connectivity index (χ3v) is 4.53. The third-order valence-electron chi connectivity index (χ3n) is 4.53. The lowest BCUT2D eigenvalue weighted by Crippen LogP contribution is -2.34. The Morgan fingerprint density at radius 2 is 1.89 bits per heavy atom. The maximum Gasteiger partial charge on any atom is 0.308 e. The number of aromatic amines is 1. The Kier molecular flexibility index (Phi) is 6.39. The van der Waals surface area contributed by atoms with E-state index in [9.17, 15) is 19.5 Å². The Morgan fingerprint density at radius 1 is 1.22 bits per heavy atom. The number of H-pyrrole nitrogens is 1. The van der Waals surface area contributed by atoms with E-state index in [0.29, 0.717) is 22.6 Å².